The molecular formula is C13H16N2. The molecule has 0 aliphatic carbocycles. The zero-order chi connectivity index (χ0) is 10.5. The minimum absolute atomic E-state index is 0.266. The van der Waals surface area contributed by atoms with Crippen LogP contribution in [0, 0.1) is 0 Å². The van der Waals surface area contributed by atoms with Gasteiger partial charge in [-0.05, 0) is 31.2 Å². The first-order valence-electron chi connectivity index (χ1n) is 5.32. The molecule has 1 aromatic rings. The maximum Gasteiger partial charge on any atom is 0.118 e. The van der Waals surface area contributed by atoms with Crippen LogP contribution in [-0.4, -0.2) is 17.6 Å². The van der Waals surface area contributed by atoms with Crippen LogP contribution >= 0.6 is 0 Å². The van der Waals surface area contributed by atoms with E-state index in [1.54, 1.807) is 0 Å². The summed E-state index contributed by atoms with van der Waals surface area (Å²) in [6.45, 7) is 3.16. The quantitative estimate of drug-likeness (QED) is 0.807. The van der Waals surface area contributed by atoms with E-state index in [9.17, 15) is 0 Å². The molecule has 1 heterocycles. The van der Waals surface area contributed by atoms with Crippen LogP contribution in [0.2, 0.25) is 0 Å². The Kier molecular flexibility index (Phi) is 3.08. The smallest absolute Gasteiger partial charge is 0.118 e. The summed E-state index contributed by atoms with van der Waals surface area (Å²) in [5.41, 5.74) is 1.15. The molecule has 0 amide bonds. The monoisotopic (exact) mass is 200 g/mol. The van der Waals surface area contributed by atoms with Crippen molar-refractivity contribution in [1.29, 1.82) is 0 Å². The Morgan fingerprint density at radius 1 is 1.20 bits per heavy atom. The van der Waals surface area contributed by atoms with Gasteiger partial charge in [0.2, 0.25) is 0 Å². The third kappa shape index (κ3) is 2.40. The van der Waals surface area contributed by atoms with Crippen LogP contribution in [0.1, 0.15) is 6.92 Å². The van der Waals surface area contributed by atoms with Crippen molar-refractivity contribution in [1.82, 2.24) is 4.90 Å². The van der Waals surface area contributed by atoms with Gasteiger partial charge >= 0.3 is 0 Å². The molecule has 2 nitrogen and oxygen atoms in total. The lowest BCUT2D eigenvalue weighted by molar-refractivity contribution is 0.358. The van der Waals surface area contributed by atoms with Crippen molar-refractivity contribution in [2.45, 2.75) is 13.1 Å². The maximum atomic E-state index is 3.47. The highest BCUT2D eigenvalue weighted by molar-refractivity contribution is 5.44. The van der Waals surface area contributed by atoms with Gasteiger partial charge < -0.3 is 10.2 Å². The van der Waals surface area contributed by atoms with Gasteiger partial charge in [-0.2, -0.15) is 0 Å². The average molecular weight is 200 g/mol. The van der Waals surface area contributed by atoms with Gasteiger partial charge in [-0.25, -0.2) is 0 Å². The summed E-state index contributed by atoms with van der Waals surface area (Å²) in [5, 5.41) is 3.47. The van der Waals surface area contributed by atoms with E-state index in [2.05, 4.69) is 53.7 Å². The van der Waals surface area contributed by atoms with Crippen molar-refractivity contribution in [3.8, 4) is 0 Å². The fraction of sp³-hybridized carbons (Fsp3) is 0.231. The van der Waals surface area contributed by atoms with Crippen LogP contribution in [0.3, 0.4) is 0 Å². The molecule has 1 aliphatic heterocycles. The van der Waals surface area contributed by atoms with Crippen molar-refractivity contribution in [3.63, 3.8) is 0 Å². The predicted octanol–water partition coefficient (Wildman–Crippen LogP) is 2.83. The van der Waals surface area contributed by atoms with Gasteiger partial charge in [-0.3, -0.25) is 0 Å². The Bertz CT molecular complexity index is 354. The standard InChI is InChI=1S/C13H16N2/c1-2-15-11-7-6-10-13(15)14-12-8-4-3-5-9-12/h3-11,13-14H,2H2,1H3. The molecule has 1 aromatic carbocycles. The van der Waals surface area contributed by atoms with Crippen LogP contribution in [0.4, 0.5) is 5.69 Å². The van der Waals surface area contributed by atoms with E-state index >= 15 is 0 Å². The van der Waals surface area contributed by atoms with E-state index in [1.165, 1.54) is 0 Å². The molecule has 1 aliphatic rings. The Hall–Kier alpha value is -1.70. The highest BCUT2D eigenvalue weighted by Crippen LogP contribution is 2.13. The van der Waals surface area contributed by atoms with Crippen LogP contribution in [0.5, 0.6) is 0 Å². The molecule has 0 saturated carbocycles. The zero-order valence-corrected chi connectivity index (χ0v) is 8.93. The number of nitrogens with zero attached hydrogens (tertiary/aromatic N) is 1. The molecule has 1 atom stereocenters. The van der Waals surface area contributed by atoms with Gasteiger partial charge in [0, 0.05) is 18.4 Å². The number of likely N-dealkylation sites (N-methyl/N-ethyl adjacent to an activating group) is 1. The molecule has 0 fully saturated rings. The van der Waals surface area contributed by atoms with Crippen molar-refractivity contribution in [2.75, 3.05) is 11.9 Å². The van der Waals surface area contributed by atoms with Crippen LogP contribution in [0.25, 0.3) is 0 Å². The van der Waals surface area contributed by atoms with E-state index < -0.39 is 0 Å². The van der Waals surface area contributed by atoms with E-state index in [0.717, 1.165) is 12.2 Å². The SMILES string of the molecule is CCN1C=CC=CC1Nc1ccccc1. The highest BCUT2D eigenvalue weighted by atomic mass is 15.2. The van der Waals surface area contributed by atoms with E-state index in [1.807, 2.05) is 18.2 Å². The number of nitrogens with one attached hydrogen (secondary N) is 1. The Balaban J connectivity index is 2.05. The van der Waals surface area contributed by atoms with E-state index in [0.29, 0.717) is 0 Å². The highest BCUT2D eigenvalue weighted by Gasteiger charge is 2.11. The van der Waals surface area contributed by atoms with Gasteiger partial charge in [-0.1, -0.05) is 24.3 Å². The zero-order valence-electron chi connectivity index (χ0n) is 8.93. The lowest BCUT2D eigenvalue weighted by Crippen LogP contribution is -2.36. The molecule has 1 N–H and O–H groups in total. The summed E-state index contributed by atoms with van der Waals surface area (Å²) in [6, 6.07) is 10.3. The second kappa shape index (κ2) is 4.69. The number of hydrogen-bond acceptors (Lipinski definition) is 2. The average Bonchev–Trinajstić information content (AvgIpc) is 2.31. The van der Waals surface area contributed by atoms with Gasteiger partial charge in [-0.15, -0.1) is 0 Å². The Morgan fingerprint density at radius 3 is 2.73 bits per heavy atom. The van der Waals surface area contributed by atoms with Crippen molar-refractivity contribution in [2.24, 2.45) is 0 Å². The number of hydrogen-bond donors (Lipinski definition) is 1. The molecule has 0 spiro atoms. The first kappa shape index (κ1) is 9.84. The molecule has 0 saturated heterocycles. The van der Waals surface area contributed by atoms with Crippen LogP contribution in [0.15, 0.2) is 54.8 Å². The Labute approximate surface area is 90.9 Å². The first-order chi connectivity index (χ1) is 7.40. The van der Waals surface area contributed by atoms with E-state index in [4.69, 9.17) is 0 Å². The Morgan fingerprint density at radius 2 is 2.00 bits per heavy atom. The third-order valence-corrected chi connectivity index (χ3v) is 2.49. The van der Waals surface area contributed by atoms with Crippen molar-refractivity contribution in [3.05, 3.63) is 54.8 Å². The van der Waals surface area contributed by atoms with Gasteiger partial charge in [0.25, 0.3) is 0 Å². The molecule has 2 heteroatoms. The van der Waals surface area contributed by atoms with Crippen LogP contribution in [-0.2, 0) is 0 Å². The van der Waals surface area contributed by atoms with Gasteiger partial charge in [0.1, 0.15) is 6.17 Å². The number of rotatable bonds is 3. The number of allylic oxidation sites excluding steroid dienone is 2. The molecule has 0 bridgehead atoms. The summed E-state index contributed by atoms with van der Waals surface area (Å²) < 4.78 is 0. The second-order valence-electron chi connectivity index (χ2n) is 3.51. The predicted molar refractivity (Wildman–Crippen MR) is 64.5 cm³/mol. The first-order valence-corrected chi connectivity index (χ1v) is 5.32. The lowest BCUT2D eigenvalue weighted by Gasteiger charge is -2.30. The summed E-state index contributed by atoms with van der Waals surface area (Å²) in [7, 11) is 0. The molecular weight excluding hydrogens is 184 g/mol. The molecule has 2 rings (SSSR count). The largest absolute Gasteiger partial charge is 0.362 e. The lowest BCUT2D eigenvalue weighted by atomic mass is 10.2. The fourth-order valence-electron chi connectivity index (χ4n) is 1.67. The summed E-state index contributed by atoms with van der Waals surface area (Å²) in [5.74, 6) is 0. The van der Waals surface area contributed by atoms with Crippen molar-refractivity contribution >= 4 is 5.69 Å². The normalized spacial score (nSPS) is 19.3. The molecule has 0 aromatic heterocycles. The molecule has 1 unspecified atom stereocenters. The van der Waals surface area contributed by atoms with Crippen LogP contribution < -0.4 is 5.32 Å². The summed E-state index contributed by atoms with van der Waals surface area (Å²) >= 11 is 0. The fourth-order valence-corrected chi connectivity index (χ4v) is 1.67. The van der Waals surface area contributed by atoms with E-state index in [-0.39, 0.29) is 6.17 Å². The maximum absolute atomic E-state index is 3.47. The minimum atomic E-state index is 0.266. The topological polar surface area (TPSA) is 15.3 Å². The summed E-state index contributed by atoms with van der Waals surface area (Å²) in [6.07, 6.45) is 8.68. The number of para-hydroxylation sites is 1. The third-order valence-electron chi connectivity index (χ3n) is 2.49. The second-order valence-corrected chi connectivity index (χ2v) is 3.51. The number of benzene rings is 1. The summed E-state index contributed by atoms with van der Waals surface area (Å²) in [4.78, 5) is 2.26. The molecule has 0 radical (unpaired) electrons. The van der Waals surface area contributed by atoms with Crippen molar-refractivity contribution < 1.29 is 0 Å². The minimum Gasteiger partial charge on any atom is -0.362 e. The molecule has 78 valence electrons. The van der Waals surface area contributed by atoms with Gasteiger partial charge in [0.15, 0.2) is 0 Å². The number of anilines is 1. The molecule has 15 heavy (non-hydrogen) atoms. The van der Waals surface area contributed by atoms with Gasteiger partial charge in [0.05, 0.1) is 0 Å².